The second-order valence-electron chi connectivity index (χ2n) is 8.21. The van der Waals surface area contributed by atoms with E-state index >= 15 is 0 Å². The molecule has 0 aliphatic rings. The zero-order valence-corrected chi connectivity index (χ0v) is 20.2. The highest BCUT2D eigenvalue weighted by atomic mass is 79.9. The minimum absolute atomic E-state index is 0.715. The van der Waals surface area contributed by atoms with Crippen LogP contribution in [0.25, 0.3) is 0 Å². The lowest BCUT2D eigenvalue weighted by Gasteiger charge is -2.45. The largest absolute Gasteiger partial charge is 0.458 e. The van der Waals surface area contributed by atoms with Crippen LogP contribution < -0.4 is 0 Å². The molecular weight excluding hydrogens is 700 g/mol. The van der Waals surface area contributed by atoms with E-state index < -0.39 is 82.7 Å². The molecule has 0 aliphatic heterocycles. The molecule has 240 valence electrons. The van der Waals surface area contributed by atoms with E-state index in [0.717, 1.165) is 0 Å². The van der Waals surface area contributed by atoms with Crippen molar-refractivity contribution < 1.29 is 102 Å². The Morgan fingerprint density at radius 2 is 0.750 bits per heavy atom. The topological polar surface area (TPSA) is 46.5 Å². The van der Waals surface area contributed by atoms with Crippen LogP contribution in [0.2, 0.25) is 0 Å². The third kappa shape index (κ3) is 5.15. The Bertz CT molecular complexity index is 938. The first kappa shape index (κ1) is 38.5. The summed E-state index contributed by atoms with van der Waals surface area (Å²) < 4.78 is 272. The molecule has 0 aromatic heterocycles. The lowest BCUT2D eigenvalue weighted by atomic mass is 9.85. The van der Waals surface area contributed by atoms with E-state index in [1.165, 1.54) is 0 Å². The molecule has 0 aromatic carbocycles. The van der Waals surface area contributed by atoms with Crippen LogP contribution >= 0.6 is 15.9 Å². The van der Waals surface area contributed by atoms with Gasteiger partial charge in [-0.3, -0.25) is 4.79 Å². The first-order valence-corrected chi connectivity index (χ1v) is 9.98. The van der Waals surface area contributed by atoms with Gasteiger partial charge in [0.25, 0.3) is 0 Å². The Balaban J connectivity index is 6.94. The lowest BCUT2D eigenvalue weighted by Crippen LogP contribution is -2.77. The average Bonchev–Trinajstić information content (AvgIpc) is 2.75. The van der Waals surface area contributed by atoms with Gasteiger partial charge in [0, 0.05) is 0 Å². The number of hydrogen-bond acceptors (Lipinski definition) is 3. The van der Waals surface area contributed by atoms with Gasteiger partial charge in [0.1, 0.15) is 10.9 Å². The van der Waals surface area contributed by atoms with E-state index in [9.17, 15) is 92.6 Å². The molecule has 0 atom stereocenters. The van der Waals surface area contributed by atoms with Gasteiger partial charge in [-0.2, -0.15) is 87.8 Å². The van der Waals surface area contributed by atoms with Crippen LogP contribution in [0.3, 0.4) is 0 Å². The van der Waals surface area contributed by atoms with Gasteiger partial charge >= 0.3 is 65.2 Å². The molecular formula is C16H11BrF20O3. The number of carbonyl (C=O) groups excluding carboxylic acids is 1. The van der Waals surface area contributed by atoms with Gasteiger partial charge in [-0.05, 0) is 13.8 Å². The van der Waals surface area contributed by atoms with Crippen LogP contribution in [-0.4, -0.2) is 87.8 Å². The van der Waals surface area contributed by atoms with Gasteiger partial charge < -0.3 is 9.84 Å². The van der Waals surface area contributed by atoms with E-state index in [0.29, 0.717) is 13.8 Å². The van der Waals surface area contributed by atoms with E-state index in [-0.39, 0.29) is 0 Å². The first-order valence-electron chi connectivity index (χ1n) is 9.19. The maximum atomic E-state index is 13.7. The zero-order valence-electron chi connectivity index (χ0n) is 18.6. The molecule has 0 saturated carbocycles. The fourth-order valence-electron chi connectivity index (χ4n) is 2.16. The number of ether oxygens (including phenoxy) is 1. The summed E-state index contributed by atoms with van der Waals surface area (Å²) in [5, 5.41) is 7.89. The van der Waals surface area contributed by atoms with Crippen molar-refractivity contribution in [1.82, 2.24) is 0 Å². The van der Waals surface area contributed by atoms with Gasteiger partial charge in [0.15, 0.2) is 6.61 Å². The van der Waals surface area contributed by atoms with Crippen molar-refractivity contribution in [2.24, 2.45) is 0 Å². The van der Waals surface area contributed by atoms with Crippen LogP contribution in [-0.2, 0) is 9.53 Å². The Morgan fingerprint density at radius 3 is 0.975 bits per heavy atom. The third-order valence-corrected chi connectivity index (χ3v) is 5.07. The van der Waals surface area contributed by atoms with Crippen LogP contribution in [0.4, 0.5) is 87.8 Å². The minimum atomic E-state index is -9.16. The summed E-state index contributed by atoms with van der Waals surface area (Å²) >= 11 is 2.34. The minimum Gasteiger partial charge on any atom is -0.458 e. The smallest absolute Gasteiger partial charge is 0.385 e. The number of carbonyl (C=O) groups is 1. The number of rotatable bonds is 13. The van der Waals surface area contributed by atoms with E-state index in [2.05, 4.69) is 20.7 Å². The molecule has 0 aromatic rings. The Kier molecular flexibility index (Phi) is 9.68. The molecule has 0 spiro atoms. The number of alkyl halides is 21. The normalized spacial score (nSPS) is 16.3. The van der Waals surface area contributed by atoms with Crippen molar-refractivity contribution in [1.29, 1.82) is 0 Å². The highest BCUT2D eigenvalue weighted by molar-refractivity contribution is 9.10. The lowest BCUT2D eigenvalue weighted by molar-refractivity contribution is -0.469. The molecule has 0 saturated heterocycles. The molecule has 0 aliphatic carbocycles. The van der Waals surface area contributed by atoms with Gasteiger partial charge in [-0.1, -0.05) is 15.9 Å². The summed E-state index contributed by atoms with van der Waals surface area (Å²) in [6.07, 6.45) is 0. The fraction of sp³-hybridized carbons (Fsp3) is 0.938. The highest BCUT2D eigenvalue weighted by Gasteiger charge is 2.97. The third-order valence-electron chi connectivity index (χ3n) is 4.75. The molecule has 0 rings (SSSR count). The summed E-state index contributed by atoms with van der Waals surface area (Å²) in [6.45, 7) is -5.61. The van der Waals surface area contributed by atoms with Crippen molar-refractivity contribution in [2.75, 3.05) is 13.2 Å². The summed E-state index contributed by atoms with van der Waals surface area (Å²) in [5.41, 5.74) is 0. The Labute approximate surface area is 215 Å². The summed E-state index contributed by atoms with van der Waals surface area (Å²) in [6, 6.07) is 0. The van der Waals surface area contributed by atoms with Gasteiger partial charge in [-0.25, -0.2) is 0 Å². The monoisotopic (exact) mass is 710 g/mol. The standard InChI is InChI=1S/C16H11BrF20O3/c1-6(2,17)5(39)40-4-8(20,21)10(24,25)12(28,29)14(32,33)16(36,37)15(34,35)13(30,31)11(26,27)9(22,23)7(18,19)3-38/h38H,3-4H2,1-2H3. The maximum absolute atomic E-state index is 13.7. The molecule has 0 amide bonds. The van der Waals surface area contributed by atoms with E-state index in [4.69, 9.17) is 5.11 Å². The number of esters is 1. The molecule has 1 N–H and O–H groups in total. The van der Waals surface area contributed by atoms with E-state index in [1.54, 1.807) is 0 Å². The fourth-order valence-corrected chi connectivity index (χ4v) is 2.27. The van der Waals surface area contributed by atoms with Crippen LogP contribution in [0, 0.1) is 0 Å². The van der Waals surface area contributed by atoms with Crippen molar-refractivity contribution in [2.45, 2.75) is 77.4 Å². The van der Waals surface area contributed by atoms with Crippen LogP contribution in [0.15, 0.2) is 0 Å². The number of hydrogen-bond donors (Lipinski definition) is 1. The van der Waals surface area contributed by atoms with Gasteiger partial charge in [0.05, 0.1) is 0 Å². The molecule has 0 bridgehead atoms. The molecule has 24 heteroatoms. The maximum Gasteiger partial charge on any atom is 0.385 e. The Hall–Kier alpha value is -1.49. The summed E-state index contributed by atoms with van der Waals surface area (Å²) in [4.78, 5) is 11.3. The molecule has 0 radical (unpaired) electrons. The Morgan fingerprint density at radius 1 is 0.525 bits per heavy atom. The summed E-state index contributed by atoms with van der Waals surface area (Å²) in [5.74, 6) is -85.9. The second-order valence-corrected chi connectivity index (χ2v) is 10.2. The molecule has 0 unspecified atom stereocenters. The van der Waals surface area contributed by atoms with E-state index in [1.807, 2.05) is 0 Å². The predicted molar refractivity (Wildman–Crippen MR) is 90.5 cm³/mol. The van der Waals surface area contributed by atoms with Crippen LogP contribution in [0.5, 0.6) is 0 Å². The van der Waals surface area contributed by atoms with Crippen molar-refractivity contribution >= 4 is 21.9 Å². The highest BCUT2D eigenvalue weighted by Crippen LogP contribution is 2.66. The molecule has 40 heavy (non-hydrogen) atoms. The molecule has 0 fully saturated rings. The second kappa shape index (κ2) is 10.1. The number of aliphatic hydroxyl groups excluding tert-OH is 1. The summed E-state index contributed by atoms with van der Waals surface area (Å²) in [7, 11) is 0. The number of halogens is 21. The first-order chi connectivity index (χ1) is 16.9. The quantitative estimate of drug-likeness (QED) is 0.127. The SMILES string of the molecule is CC(C)(Br)C(=O)OCC(F)(F)C(F)(F)C(F)(F)C(F)(F)C(F)(F)C(F)(F)C(F)(F)C(F)(F)C(F)(F)C(F)(F)CO. The molecule has 0 heterocycles. The number of aliphatic hydroxyl groups is 1. The van der Waals surface area contributed by atoms with Gasteiger partial charge in [-0.15, -0.1) is 0 Å². The average molecular weight is 711 g/mol. The van der Waals surface area contributed by atoms with Crippen molar-refractivity contribution in [3.05, 3.63) is 0 Å². The zero-order chi connectivity index (χ0) is 33.2. The van der Waals surface area contributed by atoms with Crippen molar-refractivity contribution in [3.8, 4) is 0 Å². The van der Waals surface area contributed by atoms with Crippen LogP contribution in [0.1, 0.15) is 13.8 Å². The predicted octanol–water partition coefficient (Wildman–Crippen LogP) is 7.05. The molecule has 3 nitrogen and oxygen atoms in total. The van der Waals surface area contributed by atoms with Gasteiger partial charge in [0.2, 0.25) is 0 Å². The van der Waals surface area contributed by atoms with Crippen molar-refractivity contribution in [3.63, 3.8) is 0 Å².